The van der Waals surface area contributed by atoms with Crippen LogP contribution in [0, 0.1) is 13.8 Å². The minimum atomic E-state index is -0.229. The van der Waals surface area contributed by atoms with Gasteiger partial charge in [-0.3, -0.25) is 9.59 Å². The smallest absolute Gasteiger partial charge is 0.271 e. The number of carbonyl (C=O) groups excluding carboxylic acids is 2. The number of nitrogens with zero attached hydrogens (tertiary/aromatic N) is 2. The Labute approximate surface area is 195 Å². The molecule has 3 rings (SSSR count). The summed E-state index contributed by atoms with van der Waals surface area (Å²) in [6, 6.07) is 15.4. The molecule has 3 aromatic rings. The van der Waals surface area contributed by atoms with Crippen molar-refractivity contribution in [3.8, 4) is 16.8 Å². The van der Waals surface area contributed by atoms with Gasteiger partial charge in [0.05, 0.1) is 12.3 Å². The summed E-state index contributed by atoms with van der Waals surface area (Å²) < 4.78 is 6.84. The Kier molecular flexibility index (Phi) is 7.66. The summed E-state index contributed by atoms with van der Waals surface area (Å²) in [7, 11) is 1.60. The minimum Gasteiger partial charge on any atom is -0.383 e. The number of amides is 2. The first kappa shape index (κ1) is 24.2. The highest BCUT2D eigenvalue weighted by molar-refractivity contribution is 5.96. The zero-order chi connectivity index (χ0) is 24.1. The van der Waals surface area contributed by atoms with Crippen molar-refractivity contribution >= 4 is 11.8 Å². The Morgan fingerprint density at radius 1 is 0.939 bits per heavy atom. The van der Waals surface area contributed by atoms with Gasteiger partial charge in [-0.15, -0.1) is 0 Å². The fourth-order valence-electron chi connectivity index (χ4n) is 3.56. The predicted molar refractivity (Wildman–Crippen MR) is 130 cm³/mol. The van der Waals surface area contributed by atoms with E-state index in [-0.39, 0.29) is 23.9 Å². The quantitative estimate of drug-likeness (QED) is 0.544. The topological polar surface area (TPSA) is 85.2 Å². The summed E-state index contributed by atoms with van der Waals surface area (Å²) in [5, 5.41) is 10.4. The highest BCUT2D eigenvalue weighted by Crippen LogP contribution is 2.26. The molecule has 0 fully saturated rings. The van der Waals surface area contributed by atoms with Crippen molar-refractivity contribution in [3.05, 3.63) is 71.0 Å². The van der Waals surface area contributed by atoms with E-state index < -0.39 is 0 Å². The van der Waals surface area contributed by atoms with Gasteiger partial charge in [0.15, 0.2) is 5.69 Å². The Morgan fingerprint density at radius 2 is 1.64 bits per heavy atom. The molecule has 0 aliphatic heterocycles. The number of nitrogens with one attached hydrogen (secondary N) is 2. The average molecular weight is 449 g/mol. The minimum absolute atomic E-state index is 0.0113. The number of hydrogen-bond acceptors (Lipinski definition) is 4. The van der Waals surface area contributed by atoms with Gasteiger partial charge >= 0.3 is 0 Å². The number of rotatable bonds is 8. The number of carbonyl (C=O) groups is 2. The summed E-state index contributed by atoms with van der Waals surface area (Å²) in [6.07, 6.45) is 0. The molecule has 0 saturated carbocycles. The van der Waals surface area contributed by atoms with Crippen LogP contribution in [-0.2, 0) is 4.74 Å². The van der Waals surface area contributed by atoms with Gasteiger partial charge in [0.2, 0.25) is 0 Å². The molecule has 1 unspecified atom stereocenters. The summed E-state index contributed by atoms with van der Waals surface area (Å²) in [5.74, 6) is -0.426. The van der Waals surface area contributed by atoms with E-state index in [2.05, 4.69) is 15.7 Å². The molecule has 7 nitrogen and oxygen atoms in total. The molecule has 2 N–H and O–H groups in total. The lowest BCUT2D eigenvalue weighted by atomic mass is 10.0. The first-order valence-corrected chi connectivity index (χ1v) is 11.1. The van der Waals surface area contributed by atoms with Crippen molar-refractivity contribution < 1.29 is 14.3 Å². The molecule has 174 valence electrons. The van der Waals surface area contributed by atoms with Crippen LogP contribution in [-0.4, -0.2) is 47.4 Å². The van der Waals surface area contributed by atoms with E-state index in [9.17, 15) is 9.59 Å². The molecule has 0 aliphatic carbocycles. The number of aromatic nitrogens is 2. The molecule has 33 heavy (non-hydrogen) atoms. The van der Waals surface area contributed by atoms with Crippen LogP contribution in [0.4, 0.5) is 0 Å². The summed E-state index contributed by atoms with van der Waals surface area (Å²) >= 11 is 0. The maximum Gasteiger partial charge on any atom is 0.271 e. The fourth-order valence-corrected chi connectivity index (χ4v) is 3.56. The fraction of sp³-hybridized carbons (Fsp3) is 0.346. The van der Waals surface area contributed by atoms with Gasteiger partial charge in [0.1, 0.15) is 0 Å². The Morgan fingerprint density at radius 3 is 2.27 bits per heavy atom. The normalized spacial score (nSPS) is 12.0. The number of aryl methyl sites for hydroxylation is 2. The van der Waals surface area contributed by atoms with Crippen LogP contribution in [0.2, 0.25) is 0 Å². The Balaban J connectivity index is 2.06. The average Bonchev–Trinajstić information content (AvgIpc) is 3.15. The van der Waals surface area contributed by atoms with Crippen LogP contribution in [0.1, 0.15) is 52.9 Å². The lowest BCUT2D eigenvalue weighted by Crippen LogP contribution is -2.35. The third kappa shape index (κ3) is 6.08. The third-order valence-corrected chi connectivity index (χ3v) is 5.14. The molecular formula is C26H32N4O3. The molecule has 2 aromatic carbocycles. The maximum atomic E-state index is 13.0. The molecule has 1 heterocycles. The van der Waals surface area contributed by atoms with Gasteiger partial charge in [-0.2, -0.15) is 5.10 Å². The Hall–Kier alpha value is -3.45. The van der Waals surface area contributed by atoms with Crippen LogP contribution >= 0.6 is 0 Å². The Bertz CT molecular complexity index is 1130. The number of methoxy groups -OCH3 is 1. The van der Waals surface area contributed by atoms with Gasteiger partial charge in [-0.05, 0) is 70.0 Å². The molecule has 1 aromatic heterocycles. The molecule has 0 bridgehead atoms. The first-order chi connectivity index (χ1) is 15.7. The number of hydrogen-bond donors (Lipinski definition) is 2. The zero-order valence-corrected chi connectivity index (χ0v) is 20.1. The largest absolute Gasteiger partial charge is 0.383 e. The van der Waals surface area contributed by atoms with Gasteiger partial charge in [0.25, 0.3) is 11.8 Å². The van der Waals surface area contributed by atoms with Crippen LogP contribution in [0.5, 0.6) is 0 Å². The molecule has 1 atom stereocenters. The number of ether oxygens (including phenoxy) is 1. The second-order valence-corrected chi connectivity index (χ2v) is 8.68. The summed E-state index contributed by atoms with van der Waals surface area (Å²) in [4.78, 5) is 25.5. The molecule has 2 amide bonds. The van der Waals surface area contributed by atoms with Crippen molar-refractivity contribution in [1.29, 1.82) is 0 Å². The lowest BCUT2D eigenvalue weighted by molar-refractivity contribution is 0.0903. The van der Waals surface area contributed by atoms with E-state index in [1.165, 1.54) is 0 Å². The monoisotopic (exact) mass is 448 g/mol. The van der Waals surface area contributed by atoms with Gasteiger partial charge in [0, 0.05) is 30.5 Å². The van der Waals surface area contributed by atoms with Crippen molar-refractivity contribution in [1.82, 2.24) is 20.4 Å². The van der Waals surface area contributed by atoms with E-state index in [4.69, 9.17) is 4.74 Å². The van der Waals surface area contributed by atoms with Crippen molar-refractivity contribution in [2.75, 3.05) is 13.7 Å². The van der Waals surface area contributed by atoms with E-state index >= 15 is 0 Å². The van der Waals surface area contributed by atoms with E-state index in [0.29, 0.717) is 23.6 Å². The standard InChI is InChI=1S/C26H32N4O3/c1-16(2)27-26(32)24-11-19(5)30(29-24)23-13-21(20-9-7-17(3)8-10-20)12-22(14-23)25(31)28-18(4)15-33-6/h7-14,16,18H,15H2,1-6H3,(H,27,32)(H,28,31). The van der Waals surface area contributed by atoms with Crippen LogP contribution < -0.4 is 10.6 Å². The highest BCUT2D eigenvalue weighted by atomic mass is 16.5. The molecule has 0 aliphatic rings. The molecular weight excluding hydrogens is 416 g/mol. The van der Waals surface area contributed by atoms with Crippen LogP contribution in [0.3, 0.4) is 0 Å². The van der Waals surface area contributed by atoms with Crippen LogP contribution in [0.15, 0.2) is 48.5 Å². The molecule has 7 heteroatoms. The first-order valence-electron chi connectivity index (χ1n) is 11.1. The zero-order valence-electron chi connectivity index (χ0n) is 20.1. The van der Waals surface area contributed by atoms with Gasteiger partial charge < -0.3 is 15.4 Å². The second-order valence-electron chi connectivity index (χ2n) is 8.68. The summed E-state index contributed by atoms with van der Waals surface area (Å²) in [5.41, 5.74) is 5.38. The predicted octanol–water partition coefficient (Wildman–Crippen LogP) is 4.06. The molecule has 0 spiro atoms. The number of benzene rings is 2. The molecule has 0 radical (unpaired) electrons. The van der Waals surface area contributed by atoms with Gasteiger partial charge in [-0.25, -0.2) is 4.68 Å². The van der Waals surface area contributed by atoms with Crippen molar-refractivity contribution in [3.63, 3.8) is 0 Å². The maximum absolute atomic E-state index is 13.0. The van der Waals surface area contributed by atoms with E-state index in [0.717, 1.165) is 22.4 Å². The third-order valence-electron chi connectivity index (χ3n) is 5.14. The van der Waals surface area contributed by atoms with E-state index in [1.54, 1.807) is 23.9 Å². The van der Waals surface area contributed by atoms with Gasteiger partial charge in [-0.1, -0.05) is 29.8 Å². The molecule has 0 saturated heterocycles. The van der Waals surface area contributed by atoms with Crippen LogP contribution in [0.25, 0.3) is 16.8 Å². The van der Waals surface area contributed by atoms with E-state index in [1.807, 2.05) is 71.0 Å². The SMILES string of the molecule is COCC(C)NC(=O)c1cc(-c2ccc(C)cc2)cc(-n2nc(C(=O)NC(C)C)cc2C)c1. The highest BCUT2D eigenvalue weighted by Gasteiger charge is 2.17. The van der Waals surface area contributed by atoms with Crippen molar-refractivity contribution in [2.24, 2.45) is 0 Å². The van der Waals surface area contributed by atoms with Crippen molar-refractivity contribution in [2.45, 2.75) is 46.7 Å². The lowest BCUT2D eigenvalue weighted by Gasteiger charge is -2.15. The summed E-state index contributed by atoms with van der Waals surface area (Å²) in [6.45, 7) is 10.0. The second kappa shape index (κ2) is 10.4.